The third-order valence-electron chi connectivity index (χ3n) is 3.14. The molecule has 1 heterocycles. The Morgan fingerprint density at radius 3 is 2.06 bits per heavy atom. The van der Waals surface area contributed by atoms with Gasteiger partial charge in [0.05, 0.1) is 5.28 Å². The minimum atomic E-state index is -0.268. The van der Waals surface area contributed by atoms with Crippen LogP contribution in [-0.2, 0) is 9.59 Å². The van der Waals surface area contributed by atoms with E-state index in [1.807, 2.05) is 0 Å². The lowest BCUT2D eigenvalue weighted by atomic mass is 10.1. The number of nitrogens with zero attached hydrogens (tertiary/aromatic N) is 1. The molecule has 0 saturated heterocycles. The Balaban J connectivity index is 2.02. The lowest BCUT2D eigenvalue weighted by molar-refractivity contribution is -0.141. The summed E-state index contributed by atoms with van der Waals surface area (Å²) in [6.07, 6.45) is 9.32. The average Bonchev–Trinajstić information content (AvgIpc) is 2.47. The van der Waals surface area contributed by atoms with Crippen LogP contribution in [0.2, 0.25) is 0 Å². The third kappa shape index (κ3) is 2.50. The van der Waals surface area contributed by atoms with Gasteiger partial charge in [-0.2, -0.15) is 0 Å². The zero-order valence-electron chi connectivity index (χ0n) is 9.24. The van der Waals surface area contributed by atoms with Crippen molar-refractivity contribution < 1.29 is 9.59 Å². The number of nitrogens with one attached hydrogen (secondary N) is 1. The van der Waals surface area contributed by atoms with Crippen LogP contribution in [0.3, 0.4) is 0 Å². The number of carbonyl (C=O) groups excluding carboxylic acids is 2. The number of rotatable bonds is 2. The molecule has 1 N–H and O–H groups in total. The van der Waals surface area contributed by atoms with E-state index >= 15 is 0 Å². The molecule has 1 unspecified atom stereocenters. The smallest absolute Gasteiger partial charge is 0.268 e. The molecule has 0 radical (unpaired) electrons. The third-order valence-corrected chi connectivity index (χ3v) is 3.85. The first-order valence-electron chi connectivity index (χ1n) is 5.74. The lowest BCUT2D eigenvalue weighted by Crippen LogP contribution is -2.53. The van der Waals surface area contributed by atoms with Gasteiger partial charge in [-0.1, -0.05) is 25.7 Å². The molecule has 2 aliphatic rings. The molecular weight excluding hydrogens is 223 g/mol. The van der Waals surface area contributed by atoms with Crippen LogP contribution in [0.25, 0.3) is 0 Å². The van der Waals surface area contributed by atoms with Gasteiger partial charge in [0.25, 0.3) is 11.8 Å². The summed E-state index contributed by atoms with van der Waals surface area (Å²) in [6.45, 7) is 0. The zero-order chi connectivity index (χ0) is 11.6. The summed E-state index contributed by atoms with van der Waals surface area (Å²) in [4.78, 5) is 22.9. The highest BCUT2D eigenvalue weighted by Gasteiger charge is 2.33. The van der Waals surface area contributed by atoms with E-state index in [0.29, 0.717) is 0 Å². The van der Waals surface area contributed by atoms with E-state index in [1.165, 1.54) is 25.0 Å². The Hall–Kier alpha value is -0.730. The summed E-state index contributed by atoms with van der Waals surface area (Å²) in [7, 11) is 2.78. The molecule has 5 heteroatoms. The van der Waals surface area contributed by atoms with Gasteiger partial charge in [-0.25, -0.2) is 10.4 Å². The topological polar surface area (TPSA) is 49.4 Å². The number of hydrogen-bond acceptors (Lipinski definition) is 3. The van der Waals surface area contributed by atoms with Gasteiger partial charge in [0.2, 0.25) is 0 Å². The molecule has 1 saturated carbocycles. The summed E-state index contributed by atoms with van der Waals surface area (Å²) in [6, 6.07) is 0. The monoisotopic (exact) mass is 240 g/mol. The molecule has 2 rings (SSSR count). The molecule has 1 aliphatic heterocycles. The Labute approximate surface area is 97.6 Å². The molecule has 1 fully saturated rings. The van der Waals surface area contributed by atoms with Gasteiger partial charge >= 0.3 is 0 Å². The van der Waals surface area contributed by atoms with Crippen molar-refractivity contribution in [3.05, 3.63) is 12.2 Å². The molecule has 0 aromatic rings. The number of imide groups is 1. The van der Waals surface area contributed by atoms with Crippen molar-refractivity contribution in [3.8, 4) is 0 Å². The Bertz CT molecular complexity index is 315. The highest BCUT2D eigenvalue weighted by atomic mass is 31.0. The standard InChI is InChI=1S/C11H17N2O2P/c14-9-5-6-10(15)13(9)12-11(16)7-3-1-2-4-8-11/h5-6,12H,1-4,7-8,16H2. The molecule has 16 heavy (non-hydrogen) atoms. The van der Waals surface area contributed by atoms with Crippen molar-refractivity contribution in [1.29, 1.82) is 0 Å². The summed E-state index contributed by atoms with van der Waals surface area (Å²) in [5.41, 5.74) is 3.07. The molecule has 1 atom stereocenters. The van der Waals surface area contributed by atoms with Crippen molar-refractivity contribution in [2.75, 3.05) is 0 Å². The van der Waals surface area contributed by atoms with E-state index < -0.39 is 0 Å². The molecule has 88 valence electrons. The minimum absolute atomic E-state index is 0.201. The first kappa shape index (κ1) is 11.7. The van der Waals surface area contributed by atoms with E-state index in [9.17, 15) is 9.59 Å². The fraction of sp³-hybridized carbons (Fsp3) is 0.636. The fourth-order valence-corrected chi connectivity index (χ4v) is 2.74. The van der Waals surface area contributed by atoms with Crippen LogP contribution in [0.1, 0.15) is 38.5 Å². The van der Waals surface area contributed by atoms with Crippen LogP contribution >= 0.6 is 9.24 Å². The minimum Gasteiger partial charge on any atom is -0.268 e. The second kappa shape index (κ2) is 4.64. The lowest BCUT2D eigenvalue weighted by Gasteiger charge is -2.33. The molecule has 0 aromatic carbocycles. The number of amides is 2. The summed E-state index contributed by atoms with van der Waals surface area (Å²) in [5, 5.41) is 0.923. The Morgan fingerprint density at radius 2 is 1.56 bits per heavy atom. The quantitative estimate of drug-likeness (QED) is 0.450. The average molecular weight is 240 g/mol. The van der Waals surface area contributed by atoms with Gasteiger partial charge in [-0.05, 0) is 12.8 Å². The van der Waals surface area contributed by atoms with Crippen LogP contribution in [0.15, 0.2) is 12.2 Å². The summed E-state index contributed by atoms with van der Waals surface area (Å²) >= 11 is 0. The Kier molecular flexibility index (Phi) is 3.41. The molecule has 0 bridgehead atoms. The van der Waals surface area contributed by atoms with E-state index in [4.69, 9.17) is 0 Å². The van der Waals surface area contributed by atoms with Crippen LogP contribution in [-0.4, -0.2) is 22.1 Å². The number of hydrazine groups is 1. The fourth-order valence-electron chi connectivity index (χ4n) is 2.20. The van der Waals surface area contributed by atoms with Gasteiger partial charge in [0.15, 0.2) is 0 Å². The summed E-state index contributed by atoms with van der Waals surface area (Å²) in [5.74, 6) is -0.535. The van der Waals surface area contributed by atoms with E-state index in [-0.39, 0.29) is 17.1 Å². The number of carbonyl (C=O) groups is 2. The van der Waals surface area contributed by atoms with Crippen LogP contribution < -0.4 is 5.43 Å². The van der Waals surface area contributed by atoms with Crippen molar-refractivity contribution in [1.82, 2.24) is 10.4 Å². The maximum absolute atomic E-state index is 11.4. The maximum atomic E-state index is 11.4. The predicted octanol–water partition coefficient (Wildman–Crippen LogP) is 1.34. The molecule has 0 spiro atoms. The highest BCUT2D eigenvalue weighted by Crippen LogP contribution is 2.33. The van der Waals surface area contributed by atoms with Crippen LogP contribution in [0.4, 0.5) is 0 Å². The molecule has 4 nitrogen and oxygen atoms in total. The first-order chi connectivity index (χ1) is 7.61. The normalized spacial score (nSPS) is 24.9. The van der Waals surface area contributed by atoms with Gasteiger partial charge in [-0.3, -0.25) is 9.59 Å². The van der Waals surface area contributed by atoms with Gasteiger partial charge < -0.3 is 0 Å². The molecule has 1 aliphatic carbocycles. The number of hydrogen-bond donors (Lipinski definition) is 1. The molecule has 2 amide bonds. The first-order valence-corrected chi connectivity index (χ1v) is 6.31. The second-order valence-corrected chi connectivity index (χ2v) is 5.63. The van der Waals surface area contributed by atoms with Gasteiger partial charge in [0, 0.05) is 12.2 Å². The Morgan fingerprint density at radius 1 is 1.06 bits per heavy atom. The summed E-state index contributed by atoms with van der Waals surface area (Å²) < 4.78 is 0. The van der Waals surface area contributed by atoms with Gasteiger partial charge in [0.1, 0.15) is 0 Å². The second-order valence-electron chi connectivity index (χ2n) is 4.53. The molecular formula is C11H17N2O2P. The maximum Gasteiger partial charge on any atom is 0.268 e. The molecule has 0 aromatic heterocycles. The van der Waals surface area contributed by atoms with Crippen molar-refractivity contribution in [2.45, 2.75) is 43.8 Å². The zero-order valence-corrected chi connectivity index (χ0v) is 10.4. The van der Waals surface area contributed by atoms with E-state index in [0.717, 1.165) is 30.7 Å². The van der Waals surface area contributed by atoms with Crippen molar-refractivity contribution in [3.63, 3.8) is 0 Å². The largest absolute Gasteiger partial charge is 0.268 e. The highest BCUT2D eigenvalue weighted by molar-refractivity contribution is 7.18. The van der Waals surface area contributed by atoms with Crippen molar-refractivity contribution >= 4 is 21.1 Å². The van der Waals surface area contributed by atoms with Crippen LogP contribution in [0, 0.1) is 0 Å². The van der Waals surface area contributed by atoms with E-state index in [2.05, 4.69) is 14.7 Å². The SMILES string of the molecule is O=C1C=CC(=O)N1NC1(P)CCCCCC1. The van der Waals surface area contributed by atoms with Crippen molar-refractivity contribution in [2.24, 2.45) is 0 Å². The van der Waals surface area contributed by atoms with E-state index in [1.54, 1.807) is 0 Å². The van der Waals surface area contributed by atoms with Gasteiger partial charge in [-0.15, -0.1) is 9.24 Å². The van der Waals surface area contributed by atoms with Crippen LogP contribution in [0.5, 0.6) is 0 Å². The predicted molar refractivity (Wildman–Crippen MR) is 64.3 cm³/mol.